The highest BCUT2D eigenvalue weighted by molar-refractivity contribution is 5.77. The molecule has 92 valence electrons. The lowest BCUT2D eigenvalue weighted by Gasteiger charge is -2.19. The first-order chi connectivity index (χ1) is 7.88. The van der Waals surface area contributed by atoms with Gasteiger partial charge in [0.15, 0.2) is 0 Å². The molecule has 0 amide bonds. The molecule has 0 aromatic heterocycles. The van der Waals surface area contributed by atoms with Gasteiger partial charge in [0.05, 0.1) is 5.92 Å². The lowest BCUT2D eigenvalue weighted by molar-refractivity contribution is -0.156. The fourth-order valence-corrected chi connectivity index (χ4v) is 1.95. The average Bonchev–Trinajstić information content (AvgIpc) is 2.95. The van der Waals surface area contributed by atoms with E-state index in [1.165, 1.54) is 6.07 Å². The SMILES string of the molecule is CC(C)(C)OC(=O)C1CC1c1ccccc1F. The van der Waals surface area contributed by atoms with Crippen LogP contribution >= 0.6 is 0 Å². The van der Waals surface area contributed by atoms with Crippen molar-refractivity contribution in [2.75, 3.05) is 0 Å². The van der Waals surface area contributed by atoms with Gasteiger partial charge in [-0.05, 0) is 38.8 Å². The first-order valence-electron chi connectivity index (χ1n) is 5.86. The smallest absolute Gasteiger partial charge is 0.310 e. The first-order valence-corrected chi connectivity index (χ1v) is 5.86. The molecule has 0 N–H and O–H groups in total. The number of rotatable bonds is 2. The van der Waals surface area contributed by atoms with Crippen LogP contribution in [0.25, 0.3) is 0 Å². The molecule has 1 aromatic rings. The van der Waals surface area contributed by atoms with Crippen molar-refractivity contribution in [2.45, 2.75) is 38.7 Å². The summed E-state index contributed by atoms with van der Waals surface area (Å²) in [4.78, 5) is 11.8. The van der Waals surface area contributed by atoms with Gasteiger partial charge in [0, 0.05) is 5.92 Å². The van der Waals surface area contributed by atoms with Crippen LogP contribution in [0.4, 0.5) is 4.39 Å². The molecule has 17 heavy (non-hydrogen) atoms. The van der Waals surface area contributed by atoms with Crippen LogP contribution in [-0.2, 0) is 9.53 Å². The van der Waals surface area contributed by atoms with Crippen LogP contribution < -0.4 is 0 Å². The minimum atomic E-state index is -0.473. The third-order valence-corrected chi connectivity index (χ3v) is 2.80. The minimum Gasteiger partial charge on any atom is -0.460 e. The molecule has 1 saturated carbocycles. The Labute approximate surface area is 101 Å². The highest BCUT2D eigenvalue weighted by Crippen LogP contribution is 2.49. The van der Waals surface area contributed by atoms with Gasteiger partial charge in [-0.3, -0.25) is 4.79 Å². The van der Waals surface area contributed by atoms with Crippen molar-refractivity contribution >= 4 is 5.97 Å². The zero-order valence-corrected chi connectivity index (χ0v) is 10.4. The molecule has 1 fully saturated rings. The summed E-state index contributed by atoms with van der Waals surface area (Å²) in [6.45, 7) is 5.52. The lowest BCUT2D eigenvalue weighted by Crippen LogP contribution is -2.25. The van der Waals surface area contributed by atoms with Gasteiger partial charge in [0.1, 0.15) is 11.4 Å². The predicted octanol–water partition coefficient (Wildman–Crippen LogP) is 3.27. The molecule has 2 rings (SSSR count). The van der Waals surface area contributed by atoms with Gasteiger partial charge in [-0.15, -0.1) is 0 Å². The second-order valence-electron chi connectivity index (χ2n) is 5.50. The van der Waals surface area contributed by atoms with E-state index in [1.54, 1.807) is 18.2 Å². The van der Waals surface area contributed by atoms with Crippen LogP contribution in [0.2, 0.25) is 0 Å². The van der Waals surface area contributed by atoms with Crippen LogP contribution in [0.15, 0.2) is 24.3 Å². The molecule has 0 heterocycles. The Bertz CT molecular complexity index is 434. The van der Waals surface area contributed by atoms with Crippen molar-refractivity contribution in [1.82, 2.24) is 0 Å². The fourth-order valence-electron chi connectivity index (χ4n) is 1.95. The standard InChI is InChI=1S/C14H17FO2/c1-14(2,3)17-13(16)11-8-10(11)9-6-4-5-7-12(9)15/h4-7,10-11H,8H2,1-3H3. The largest absolute Gasteiger partial charge is 0.460 e. The third-order valence-electron chi connectivity index (χ3n) is 2.80. The zero-order valence-electron chi connectivity index (χ0n) is 10.4. The topological polar surface area (TPSA) is 26.3 Å². The quantitative estimate of drug-likeness (QED) is 0.737. The molecule has 1 aromatic carbocycles. The minimum absolute atomic E-state index is 0.00829. The molecule has 1 aliphatic rings. The summed E-state index contributed by atoms with van der Waals surface area (Å²) in [5.74, 6) is -0.633. The lowest BCUT2D eigenvalue weighted by atomic mass is 10.1. The van der Waals surface area contributed by atoms with E-state index in [0.717, 1.165) is 0 Å². The van der Waals surface area contributed by atoms with E-state index in [0.29, 0.717) is 12.0 Å². The molecule has 2 atom stereocenters. The molecule has 0 spiro atoms. The van der Waals surface area contributed by atoms with Crippen molar-refractivity contribution < 1.29 is 13.9 Å². The Hall–Kier alpha value is -1.38. The van der Waals surface area contributed by atoms with E-state index >= 15 is 0 Å². The maximum absolute atomic E-state index is 13.5. The van der Waals surface area contributed by atoms with E-state index in [9.17, 15) is 9.18 Å². The van der Waals surface area contributed by atoms with Crippen LogP contribution in [-0.4, -0.2) is 11.6 Å². The highest BCUT2D eigenvalue weighted by atomic mass is 19.1. The Morgan fingerprint density at radius 1 is 1.35 bits per heavy atom. The number of hydrogen-bond acceptors (Lipinski definition) is 2. The molecule has 0 bridgehead atoms. The summed E-state index contributed by atoms with van der Waals surface area (Å²) in [5.41, 5.74) is 0.155. The Kier molecular flexibility index (Phi) is 2.94. The van der Waals surface area contributed by atoms with E-state index in [1.807, 2.05) is 20.8 Å². The first kappa shape index (κ1) is 12.1. The number of halogens is 1. The van der Waals surface area contributed by atoms with Gasteiger partial charge in [0.25, 0.3) is 0 Å². The predicted molar refractivity (Wildman–Crippen MR) is 63.1 cm³/mol. The maximum atomic E-state index is 13.5. The summed E-state index contributed by atoms with van der Waals surface area (Å²) >= 11 is 0. The summed E-state index contributed by atoms with van der Waals surface area (Å²) in [5, 5.41) is 0. The van der Waals surface area contributed by atoms with Crippen molar-refractivity contribution in [3.8, 4) is 0 Å². The zero-order chi connectivity index (χ0) is 12.6. The van der Waals surface area contributed by atoms with Crippen molar-refractivity contribution in [2.24, 2.45) is 5.92 Å². The number of carbonyl (C=O) groups is 1. The second-order valence-corrected chi connectivity index (χ2v) is 5.50. The molecule has 0 saturated heterocycles. The molecule has 0 radical (unpaired) electrons. The Morgan fingerprint density at radius 2 is 2.00 bits per heavy atom. The summed E-state index contributed by atoms with van der Waals surface area (Å²) in [6, 6.07) is 6.62. The monoisotopic (exact) mass is 236 g/mol. The van der Waals surface area contributed by atoms with E-state index in [2.05, 4.69) is 0 Å². The number of esters is 1. The molecular weight excluding hydrogens is 219 g/mol. The number of hydrogen-bond donors (Lipinski definition) is 0. The third kappa shape index (κ3) is 2.84. The number of benzene rings is 1. The molecule has 2 nitrogen and oxygen atoms in total. The molecular formula is C14H17FO2. The van der Waals surface area contributed by atoms with Gasteiger partial charge in [-0.2, -0.15) is 0 Å². The van der Waals surface area contributed by atoms with Gasteiger partial charge in [-0.1, -0.05) is 18.2 Å². The highest BCUT2D eigenvalue weighted by Gasteiger charge is 2.47. The summed E-state index contributed by atoms with van der Waals surface area (Å²) in [7, 11) is 0. The van der Waals surface area contributed by atoms with Crippen molar-refractivity contribution in [1.29, 1.82) is 0 Å². The van der Waals surface area contributed by atoms with Crippen LogP contribution in [0, 0.1) is 11.7 Å². The fraction of sp³-hybridized carbons (Fsp3) is 0.500. The normalized spacial score (nSPS) is 23.3. The molecule has 3 heteroatoms. The summed E-state index contributed by atoms with van der Waals surface area (Å²) < 4.78 is 18.8. The van der Waals surface area contributed by atoms with Gasteiger partial charge < -0.3 is 4.74 Å². The van der Waals surface area contributed by atoms with Crippen LogP contribution in [0.5, 0.6) is 0 Å². The van der Waals surface area contributed by atoms with E-state index in [4.69, 9.17) is 4.74 Å². The molecule has 1 aliphatic carbocycles. The van der Waals surface area contributed by atoms with Gasteiger partial charge >= 0.3 is 5.97 Å². The van der Waals surface area contributed by atoms with Crippen LogP contribution in [0.1, 0.15) is 38.7 Å². The Morgan fingerprint density at radius 3 is 2.59 bits per heavy atom. The van der Waals surface area contributed by atoms with Gasteiger partial charge in [0.2, 0.25) is 0 Å². The van der Waals surface area contributed by atoms with Crippen molar-refractivity contribution in [3.63, 3.8) is 0 Å². The average molecular weight is 236 g/mol. The van der Waals surface area contributed by atoms with Crippen LogP contribution in [0.3, 0.4) is 0 Å². The Balaban J connectivity index is 2.02. The van der Waals surface area contributed by atoms with Crippen molar-refractivity contribution in [3.05, 3.63) is 35.6 Å². The second kappa shape index (κ2) is 4.13. The number of ether oxygens (including phenoxy) is 1. The van der Waals surface area contributed by atoms with Gasteiger partial charge in [-0.25, -0.2) is 4.39 Å². The van der Waals surface area contributed by atoms with E-state index < -0.39 is 5.60 Å². The number of carbonyl (C=O) groups excluding carboxylic acids is 1. The maximum Gasteiger partial charge on any atom is 0.310 e. The van der Waals surface area contributed by atoms with E-state index in [-0.39, 0.29) is 23.6 Å². The summed E-state index contributed by atoms with van der Waals surface area (Å²) in [6.07, 6.45) is 0.690. The molecule has 2 unspecified atom stereocenters. The molecule has 0 aliphatic heterocycles.